The molecule has 0 radical (unpaired) electrons. The van der Waals surface area contributed by atoms with Crippen LogP contribution in [0.2, 0.25) is 0 Å². The molecule has 1 N–H and O–H groups in total. The van der Waals surface area contributed by atoms with E-state index in [0.29, 0.717) is 49.1 Å². The number of sulfonamides is 1. The number of carbonyl (C=O) groups is 2. The summed E-state index contributed by atoms with van der Waals surface area (Å²) >= 11 is 0. The molecule has 8 nitrogen and oxygen atoms in total. The SMILES string of the molecule is O=C(CCC(=O)c1ccc2c(c1)OCCCO2)Nc1cccc(S(=O)(=O)N2CCCC2)c1. The molecular formula is C23H26N2O6S. The van der Waals surface area contributed by atoms with Gasteiger partial charge in [0.05, 0.1) is 18.1 Å². The highest BCUT2D eigenvalue weighted by molar-refractivity contribution is 7.89. The second-order valence-electron chi connectivity index (χ2n) is 7.82. The number of carbonyl (C=O) groups excluding carboxylic acids is 2. The van der Waals surface area contributed by atoms with Crippen molar-refractivity contribution in [1.82, 2.24) is 4.31 Å². The lowest BCUT2D eigenvalue weighted by atomic mass is 10.1. The monoisotopic (exact) mass is 458 g/mol. The number of rotatable bonds is 7. The molecule has 4 rings (SSSR count). The molecule has 2 aromatic carbocycles. The van der Waals surface area contributed by atoms with Gasteiger partial charge < -0.3 is 14.8 Å². The first-order valence-electron chi connectivity index (χ1n) is 10.8. The van der Waals surface area contributed by atoms with Gasteiger partial charge in [0, 0.05) is 43.6 Å². The maximum Gasteiger partial charge on any atom is 0.243 e. The second kappa shape index (κ2) is 9.70. The topological polar surface area (TPSA) is 102 Å². The van der Waals surface area contributed by atoms with E-state index in [1.165, 1.54) is 16.4 Å². The average molecular weight is 459 g/mol. The summed E-state index contributed by atoms with van der Waals surface area (Å²) in [6.45, 7) is 2.13. The molecule has 2 aromatic rings. The van der Waals surface area contributed by atoms with E-state index in [0.717, 1.165) is 19.3 Å². The molecule has 0 aliphatic carbocycles. The number of nitrogens with one attached hydrogen (secondary N) is 1. The average Bonchev–Trinajstić information content (AvgIpc) is 3.24. The summed E-state index contributed by atoms with van der Waals surface area (Å²) in [4.78, 5) is 25.1. The molecule has 32 heavy (non-hydrogen) atoms. The molecule has 1 fully saturated rings. The van der Waals surface area contributed by atoms with Crippen LogP contribution < -0.4 is 14.8 Å². The number of fused-ring (bicyclic) bond motifs is 1. The lowest BCUT2D eigenvalue weighted by Gasteiger charge is -2.16. The fourth-order valence-corrected chi connectivity index (χ4v) is 5.31. The van der Waals surface area contributed by atoms with E-state index in [9.17, 15) is 18.0 Å². The second-order valence-corrected chi connectivity index (χ2v) is 9.76. The summed E-state index contributed by atoms with van der Waals surface area (Å²) in [5, 5.41) is 2.69. The van der Waals surface area contributed by atoms with Crippen LogP contribution in [0.1, 0.15) is 42.5 Å². The van der Waals surface area contributed by atoms with Gasteiger partial charge in [0.2, 0.25) is 15.9 Å². The zero-order valence-corrected chi connectivity index (χ0v) is 18.5. The molecule has 0 spiro atoms. The van der Waals surface area contributed by atoms with E-state index in [2.05, 4.69) is 5.32 Å². The van der Waals surface area contributed by atoms with Gasteiger partial charge in [-0.25, -0.2) is 8.42 Å². The van der Waals surface area contributed by atoms with E-state index in [1.54, 1.807) is 30.3 Å². The molecule has 9 heteroatoms. The van der Waals surface area contributed by atoms with E-state index < -0.39 is 10.0 Å². The molecule has 1 saturated heterocycles. The van der Waals surface area contributed by atoms with Crippen LogP contribution in [0, 0.1) is 0 Å². The maximum atomic E-state index is 12.7. The van der Waals surface area contributed by atoms with Gasteiger partial charge in [0.15, 0.2) is 17.3 Å². The fourth-order valence-electron chi connectivity index (χ4n) is 3.74. The van der Waals surface area contributed by atoms with Crippen LogP contribution in [0.25, 0.3) is 0 Å². The molecule has 0 unspecified atom stereocenters. The van der Waals surface area contributed by atoms with E-state index >= 15 is 0 Å². The minimum absolute atomic E-state index is 0.0175. The Bertz CT molecular complexity index is 1110. The summed E-state index contributed by atoms with van der Waals surface area (Å²) < 4.78 is 38.1. The van der Waals surface area contributed by atoms with Gasteiger partial charge in [-0.1, -0.05) is 6.07 Å². The Balaban J connectivity index is 1.35. The van der Waals surface area contributed by atoms with E-state index in [1.807, 2.05) is 0 Å². The first-order valence-corrected chi connectivity index (χ1v) is 12.2. The molecule has 2 heterocycles. The van der Waals surface area contributed by atoms with Crippen molar-refractivity contribution in [2.45, 2.75) is 37.0 Å². The Kier molecular flexibility index (Phi) is 6.76. The summed E-state index contributed by atoms with van der Waals surface area (Å²) in [5.74, 6) is 0.610. The zero-order valence-electron chi connectivity index (χ0n) is 17.7. The lowest BCUT2D eigenvalue weighted by molar-refractivity contribution is -0.116. The van der Waals surface area contributed by atoms with Crippen molar-refractivity contribution in [1.29, 1.82) is 0 Å². The minimum Gasteiger partial charge on any atom is -0.490 e. The number of amides is 1. The van der Waals surface area contributed by atoms with Crippen molar-refractivity contribution in [3.8, 4) is 11.5 Å². The number of hydrogen-bond donors (Lipinski definition) is 1. The molecule has 2 aliphatic heterocycles. The standard InChI is InChI=1S/C23H26N2O6S/c26-20(17-7-9-21-22(15-17)31-14-4-13-30-21)8-10-23(27)24-18-5-3-6-19(16-18)32(28,29)25-11-1-2-12-25/h3,5-7,9,15-16H,1-2,4,8,10-14H2,(H,24,27). The highest BCUT2D eigenvalue weighted by Crippen LogP contribution is 2.31. The number of ether oxygens (including phenoxy) is 2. The van der Waals surface area contributed by atoms with E-state index in [4.69, 9.17) is 9.47 Å². The maximum absolute atomic E-state index is 12.7. The van der Waals surface area contributed by atoms with Gasteiger partial charge in [-0.15, -0.1) is 0 Å². The number of anilines is 1. The number of Topliss-reactive ketones (excluding diaryl/α,β-unsaturated/α-hetero) is 1. The molecule has 0 bridgehead atoms. The molecule has 0 aromatic heterocycles. The Morgan fingerprint density at radius 2 is 1.66 bits per heavy atom. The van der Waals surface area contributed by atoms with Crippen molar-refractivity contribution in [2.75, 3.05) is 31.6 Å². The van der Waals surface area contributed by atoms with Crippen LogP contribution in [-0.4, -0.2) is 50.7 Å². The van der Waals surface area contributed by atoms with E-state index in [-0.39, 0.29) is 29.4 Å². The number of ketones is 1. The fraction of sp³-hybridized carbons (Fsp3) is 0.391. The highest BCUT2D eigenvalue weighted by Gasteiger charge is 2.27. The molecule has 0 saturated carbocycles. The van der Waals surface area contributed by atoms with Crippen molar-refractivity contribution in [3.63, 3.8) is 0 Å². The van der Waals surface area contributed by atoms with Crippen molar-refractivity contribution < 1.29 is 27.5 Å². The van der Waals surface area contributed by atoms with Crippen LogP contribution in [0.3, 0.4) is 0 Å². The summed E-state index contributed by atoms with van der Waals surface area (Å²) in [7, 11) is -3.56. The van der Waals surface area contributed by atoms with Gasteiger partial charge in [-0.05, 0) is 49.2 Å². The van der Waals surface area contributed by atoms with Gasteiger partial charge >= 0.3 is 0 Å². The summed E-state index contributed by atoms with van der Waals surface area (Å²) in [5.41, 5.74) is 0.846. The Morgan fingerprint density at radius 3 is 2.44 bits per heavy atom. The van der Waals surface area contributed by atoms with Crippen LogP contribution in [0.4, 0.5) is 5.69 Å². The number of nitrogens with zero attached hydrogens (tertiary/aromatic N) is 1. The quantitative estimate of drug-likeness (QED) is 0.639. The Morgan fingerprint density at radius 1 is 0.906 bits per heavy atom. The normalized spacial score (nSPS) is 16.4. The van der Waals surface area contributed by atoms with Crippen LogP contribution in [-0.2, 0) is 14.8 Å². The Labute approximate surface area is 187 Å². The minimum atomic E-state index is -3.56. The van der Waals surface area contributed by atoms with Crippen LogP contribution in [0.5, 0.6) is 11.5 Å². The number of benzene rings is 2. The largest absolute Gasteiger partial charge is 0.490 e. The van der Waals surface area contributed by atoms with Gasteiger partial charge in [0.25, 0.3) is 0 Å². The van der Waals surface area contributed by atoms with Crippen LogP contribution >= 0.6 is 0 Å². The van der Waals surface area contributed by atoms with Gasteiger partial charge in [0.1, 0.15) is 0 Å². The van der Waals surface area contributed by atoms with Gasteiger partial charge in [-0.3, -0.25) is 9.59 Å². The van der Waals surface area contributed by atoms with Gasteiger partial charge in [-0.2, -0.15) is 4.31 Å². The van der Waals surface area contributed by atoms with Crippen molar-refractivity contribution in [2.24, 2.45) is 0 Å². The van der Waals surface area contributed by atoms with Crippen molar-refractivity contribution in [3.05, 3.63) is 48.0 Å². The highest BCUT2D eigenvalue weighted by atomic mass is 32.2. The molecule has 1 amide bonds. The summed E-state index contributed by atoms with van der Waals surface area (Å²) in [6.07, 6.45) is 2.49. The lowest BCUT2D eigenvalue weighted by Crippen LogP contribution is -2.27. The third kappa shape index (κ3) is 5.11. The molecule has 0 atom stereocenters. The predicted molar refractivity (Wildman–Crippen MR) is 119 cm³/mol. The Hall–Kier alpha value is -2.91. The molecule has 170 valence electrons. The predicted octanol–water partition coefficient (Wildman–Crippen LogP) is 3.23. The third-order valence-corrected chi connectivity index (χ3v) is 7.36. The number of hydrogen-bond acceptors (Lipinski definition) is 6. The van der Waals surface area contributed by atoms with Crippen LogP contribution in [0.15, 0.2) is 47.4 Å². The smallest absolute Gasteiger partial charge is 0.243 e. The summed E-state index contributed by atoms with van der Waals surface area (Å²) in [6, 6.07) is 11.2. The first kappa shape index (κ1) is 22.3. The zero-order chi connectivity index (χ0) is 22.6. The molecular weight excluding hydrogens is 432 g/mol. The third-order valence-electron chi connectivity index (χ3n) is 5.47. The van der Waals surface area contributed by atoms with Crippen molar-refractivity contribution >= 4 is 27.4 Å². The molecule has 2 aliphatic rings. The first-order chi connectivity index (χ1) is 15.4.